The summed E-state index contributed by atoms with van der Waals surface area (Å²) in [7, 11) is 1.49. The number of hydrogen-bond donors (Lipinski definition) is 3. The number of carboxylic acids is 1. The SMILES string of the molecule is COCCNC(=O)CNc1cccc(C(=O)O)c1[N+](=O)[O-]. The Morgan fingerprint density at radius 1 is 1.43 bits per heavy atom. The first-order valence-electron chi connectivity index (χ1n) is 5.97. The molecular formula is C12H15N3O6. The summed E-state index contributed by atoms with van der Waals surface area (Å²) in [5.41, 5.74) is -1.04. The summed E-state index contributed by atoms with van der Waals surface area (Å²) in [6.45, 7) is 0.447. The van der Waals surface area contributed by atoms with Gasteiger partial charge in [0.1, 0.15) is 11.3 Å². The molecule has 114 valence electrons. The molecule has 0 saturated heterocycles. The number of methoxy groups -OCH3 is 1. The normalized spacial score (nSPS) is 9.95. The maximum Gasteiger partial charge on any atom is 0.342 e. The van der Waals surface area contributed by atoms with E-state index in [2.05, 4.69) is 10.6 Å². The van der Waals surface area contributed by atoms with Gasteiger partial charge in [0.2, 0.25) is 5.91 Å². The van der Waals surface area contributed by atoms with Crippen molar-refractivity contribution in [2.24, 2.45) is 0 Å². The summed E-state index contributed by atoms with van der Waals surface area (Å²) < 4.78 is 4.76. The fraction of sp³-hybridized carbons (Fsp3) is 0.333. The Hall–Kier alpha value is -2.68. The first kappa shape index (κ1) is 16.4. The van der Waals surface area contributed by atoms with Crippen molar-refractivity contribution in [3.05, 3.63) is 33.9 Å². The van der Waals surface area contributed by atoms with Gasteiger partial charge in [0.25, 0.3) is 0 Å². The number of benzene rings is 1. The summed E-state index contributed by atoms with van der Waals surface area (Å²) in [6, 6.07) is 3.83. The molecule has 0 heterocycles. The molecule has 1 amide bonds. The molecule has 9 nitrogen and oxygen atoms in total. The van der Waals surface area contributed by atoms with Crippen molar-refractivity contribution >= 4 is 23.3 Å². The number of para-hydroxylation sites is 1. The highest BCUT2D eigenvalue weighted by atomic mass is 16.6. The van der Waals surface area contributed by atoms with Crippen LogP contribution in [0.25, 0.3) is 0 Å². The number of aromatic carboxylic acids is 1. The zero-order valence-corrected chi connectivity index (χ0v) is 11.3. The maximum atomic E-state index is 11.5. The summed E-state index contributed by atoms with van der Waals surface area (Å²) in [4.78, 5) is 32.6. The van der Waals surface area contributed by atoms with E-state index in [-0.39, 0.29) is 18.1 Å². The minimum atomic E-state index is -1.41. The van der Waals surface area contributed by atoms with Gasteiger partial charge in [-0.05, 0) is 12.1 Å². The van der Waals surface area contributed by atoms with Crippen LogP contribution in [0.2, 0.25) is 0 Å². The molecule has 0 aliphatic heterocycles. The molecule has 0 unspecified atom stereocenters. The van der Waals surface area contributed by atoms with E-state index >= 15 is 0 Å². The van der Waals surface area contributed by atoms with Crippen LogP contribution in [0.15, 0.2) is 18.2 Å². The van der Waals surface area contributed by atoms with Crippen LogP contribution in [0.4, 0.5) is 11.4 Å². The first-order chi connectivity index (χ1) is 9.97. The number of hydrogen-bond acceptors (Lipinski definition) is 6. The number of ether oxygens (including phenoxy) is 1. The van der Waals surface area contributed by atoms with Gasteiger partial charge in [0, 0.05) is 13.7 Å². The van der Waals surface area contributed by atoms with Crippen LogP contribution in [0.5, 0.6) is 0 Å². The molecule has 0 bridgehead atoms. The Morgan fingerprint density at radius 3 is 2.71 bits per heavy atom. The van der Waals surface area contributed by atoms with Crippen molar-refractivity contribution in [3.8, 4) is 0 Å². The predicted molar refractivity (Wildman–Crippen MR) is 73.4 cm³/mol. The fourth-order valence-corrected chi connectivity index (χ4v) is 1.59. The average Bonchev–Trinajstić information content (AvgIpc) is 2.44. The van der Waals surface area contributed by atoms with Gasteiger partial charge in [-0.25, -0.2) is 4.79 Å². The van der Waals surface area contributed by atoms with Crippen LogP contribution in [-0.4, -0.2) is 48.7 Å². The second kappa shape index (κ2) is 7.80. The Morgan fingerprint density at radius 2 is 2.14 bits per heavy atom. The molecule has 3 N–H and O–H groups in total. The Balaban J connectivity index is 2.79. The van der Waals surface area contributed by atoms with Gasteiger partial charge in [0.05, 0.1) is 18.1 Å². The predicted octanol–water partition coefficient (Wildman–Crippen LogP) is 0.467. The molecule has 9 heteroatoms. The highest BCUT2D eigenvalue weighted by Gasteiger charge is 2.24. The third kappa shape index (κ3) is 4.73. The Kier molecular flexibility index (Phi) is 6.08. The van der Waals surface area contributed by atoms with Crippen molar-refractivity contribution in [1.82, 2.24) is 5.32 Å². The molecule has 1 aromatic carbocycles. The minimum absolute atomic E-state index is 0.0261. The molecule has 0 aliphatic rings. The number of amides is 1. The Bertz CT molecular complexity index is 546. The third-order valence-electron chi connectivity index (χ3n) is 2.52. The zero-order chi connectivity index (χ0) is 15.8. The number of carboxylic acid groups (broad SMARTS) is 1. The Labute approximate surface area is 120 Å². The monoisotopic (exact) mass is 297 g/mol. The largest absolute Gasteiger partial charge is 0.477 e. The van der Waals surface area contributed by atoms with Crippen molar-refractivity contribution in [2.45, 2.75) is 0 Å². The van der Waals surface area contributed by atoms with Crippen molar-refractivity contribution in [1.29, 1.82) is 0 Å². The number of anilines is 1. The quantitative estimate of drug-likeness (QED) is 0.361. The van der Waals surface area contributed by atoms with Crippen LogP contribution < -0.4 is 10.6 Å². The summed E-state index contributed by atoms with van der Waals surface area (Å²) in [5.74, 6) is -1.79. The molecule has 0 radical (unpaired) electrons. The van der Waals surface area contributed by atoms with Crippen LogP contribution in [-0.2, 0) is 9.53 Å². The molecule has 0 spiro atoms. The van der Waals surface area contributed by atoms with Gasteiger partial charge < -0.3 is 20.5 Å². The number of nitro groups is 1. The van der Waals surface area contributed by atoms with E-state index in [1.165, 1.54) is 19.2 Å². The molecule has 0 saturated carbocycles. The van der Waals surface area contributed by atoms with Crippen LogP contribution in [0.3, 0.4) is 0 Å². The van der Waals surface area contributed by atoms with Crippen LogP contribution >= 0.6 is 0 Å². The summed E-state index contributed by atoms with van der Waals surface area (Å²) in [5, 5.41) is 25.0. The second-order valence-corrected chi connectivity index (χ2v) is 3.96. The minimum Gasteiger partial charge on any atom is -0.477 e. The molecule has 0 atom stereocenters. The van der Waals surface area contributed by atoms with E-state index in [0.29, 0.717) is 13.2 Å². The highest BCUT2D eigenvalue weighted by Crippen LogP contribution is 2.28. The number of carbonyl (C=O) groups excluding carboxylic acids is 1. The number of nitrogens with zero attached hydrogens (tertiary/aromatic N) is 1. The van der Waals surface area contributed by atoms with Gasteiger partial charge >= 0.3 is 11.7 Å². The van der Waals surface area contributed by atoms with Crippen LogP contribution in [0.1, 0.15) is 10.4 Å². The van der Waals surface area contributed by atoms with E-state index in [9.17, 15) is 19.7 Å². The van der Waals surface area contributed by atoms with E-state index in [1.54, 1.807) is 0 Å². The topological polar surface area (TPSA) is 131 Å². The number of nitrogens with one attached hydrogen (secondary N) is 2. The van der Waals surface area contributed by atoms with Gasteiger partial charge in [-0.3, -0.25) is 14.9 Å². The molecule has 0 fully saturated rings. The number of rotatable bonds is 8. The molecule has 0 aliphatic carbocycles. The standard InChI is InChI=1S/C12H15N3O6/c1-21-6-5-13-10(16)7-14-9-4-2-3-8(12(17)18)11(9)15(19)20/h2-4,14H,5-7H2,1H3,(H,13,16)(H,17,18). The molecular weight excluding hydrogens is 282 g/mol. The van der Waals surface area contributed by atoms with Gasteiger partial charge in [-0.15, -0.1) is 0 Å². The fourth-order valence-electron chi connectivity index (χ4n) is 1.59. The lowest BCUT2D eigenvalue weighted by Gasteiger charge is -2.09. The van der Waals surface area contributed by atoms with Crippen molar-refractivity contribution in [2.75, 3.05) is 32.1 Å². The third-order valence-corrected chi connectivity index (χ3v) is 2.52. The molecule has 0 aromatic heterocycles. The summed E-state index contributed by atoms with van der Waals surface area (Å²) >= 11 is 0. The highest BCUT2D eigenvalue weighted by molar-refractivity contribution is 5.95. The zero-order valence-electron chi connectivity index (χ0n) is 11.3. The molecule has 1 aromatic rings. The smallest absolute Gasteiger partial charge is 0.342 e. The molecule has 1 rings (SSSR count). The number of carbonyl (C=O) groups is 2. The first-order valence-corrected chi connectivity index (χ1v) is 5.97. The summed E-state index contributed by atoms with van der Waals surface area (Å²) in [6.07, 6.45) is 0. The van der Waals surface area contributed by atoms with E-state index in [0.717, 1.165) is 6.07 Å². The van der Waals surface area contributed by atoms with Crippen molar-refractivity contribution in [3.63, 3.8) is 0 Å². The lowest BCUT2D eigenvalue weighted by Crippen LogP contribution is -2.32. The van der Waals surface area contributed by atoms with Gasteiger partial charge in [0.15, 0.2) is 0 Å². The second-order valence-electron chi connectivity index (χ2n) is 3.96. The van der Waals surface area contributed by atoms with Gasteiger partial charge in [-0.1, -0.05) is 6.07 Å². The van der Waals surface area contributed by atoms with Crippen molar-refractivity contribution < 1.29 is 24.4 Å². The number of nitro benzene ring substituents is 1. The van der Waals surface area contributed by atoms with Gasteiger partial charge in [-0.2, -0.15) is 0 Å². The lowest BCUT2D eigenvalue weighted by atomic mass is 10.1. The van der Waals surface area contributed by atoms with Crippen LogP contribution in [0, 0.1) is 10.1 Å². The van der Waals surface area contributed by atoms with E-state index in [1.807, 2.05) is 0 Å². The maximum absolute atomic E-state index is 11.5. The van der Waals surface area contributed by atoms with E-state index < -0.39 is 22.1 Å². The lowest BCUT2D eigenvalue weighted by molar-refractivity contribution is -0.384. The van der Waals surface area contributed by atoms with E-state index in [4.69, 9.17) is 9.84 Å². The average molecular weight is 297 g/mol. The molecule has 21 heavy (non-hydrogen) atoms.